The summed E-state index contributed by atoms with van der Waals surface area (Å²) in [5.41, 5.74) is 1.61. The van der Waals surface area contributed by atoms with Gasteiger partial charge in [0.2, 0.25) is 5.91 Å². The first-order chi connectivity index (χ1) is 14.5. The van der Waals surface area contributed by atoms with Crippen LogP contribution in [-0.2, 0) is 17.9 Å². The largest absolute Gasteiger partial charge is 0.496 e. The third-order valence-electron chi connectivity index (χ3n) is 6.28. The number of rotatable bonds is 5. The van der Waals surface area contributed by atoms with Crippen molar-refractivity contribution in [2.45, 2.75) is 44.4 Å². The molecule has 154 valence electrons. The molecular weight excluding hydrogens is 378 g/mol. The van der Waals surface area contributed by atoms with Crippen LogP contribution in [-0.4, -0.2) is 40.0 Å². The fourth-order valence-corrected chi connectivity index (χ4v) is 4.59. The second-order valence-electron chi connectivity index (χ2n) is 8.35. The Kier molecular flexibility index (Phi) is 4.31. The van der Waals surface area contributed by atoms with Crippen LogP contribution < -0.4 is 10.1 Å². The standard InChI is InChI=1S/C24H25N3O3/c1-24(23(29)25-14-17-8-4-6-10-21(17)30-2)15-26-19-9-5-3-7-16(19)13-20(26)22(28)27(24)18-11-12-18/h3-10,13,18H,11-12,14-15H2,1-2H3,(H,25,29)/t24-/m0/s1. The van der Waals surface area contributed by atoms with Gasteiger partial charge in [-0.3, -0.25) is 9.59 Å². The van der Waals surface area contributed by atoms with Crippen molar-refractivity contribution >= 4 is 22.7 Å². The average Bonchev–Trinajstić information content (AvgIpc) is 3.52. The zero-order chi connectivity index (χ0) is 20.9. The third-order valence-corrected chi connectivity index (χ3v) is 6.28. The zero-order valence-corrected chi connectivity index (χ0v) is 17.2. The van der Waals surface area contributed by atoms with E-state index in [1.54, 1.807) is 7.11 Å². The summed E-state index contributed by atoms with van der Waals surface area (Å²) < 4.78 is 7.40. The van der Waals surface area contributed by atoms with Crippen LogP contribution in [0, 0.1) is 0 Å². The molecule has 2 aliphatic rings. The predicted octanol–water partition coefficient (Wildman–Crippen LogP) is 3.34. The molecule has 1 aromatic heterocycles. The highest BCUT2D eigenvalue weighted by Crippen LogP contribution is 2.40. The number of fused-ring (bicyclic) bond motifs is 3. The molecule has 1 aliphatic heterocycles. The number of nitrogens with one attached hydrogen (secondary N) is 1. The van der Waals surface area contributed by atoms with E-state index >= 15 is 0 Å². The molecule has 2 aromatic carbocycles. The molecule has 0 spiro atoms. The summed E-state index contributed by atoms with van der Waals surface area (Å²) in [6, 6.07) is 17.7. The van der Waals surface area contributed by atoms with Crippen LogP contribution in [0.4, 0.5) is 0 Å². The number of carbonyl (C=O) groups excluding carboxylic acids is 2. The maximum atomic E-state index is 13.5. The molecule has 0 radical (unpaired) electrons. The number of ether oxygens (including phenoxy) is 1. The van der Waals surface area contributed by atoms with Crippen LogP contribution in [0.25, 0.3) is 10.9 Å². The van der Waals surface area contributed by atoms with Gasteiger partial charge < -0.3 is 19.5 Å². The number of hydrogen-bond donors (Lipinski definition) is 1. The van der Waals surface area contributed by atoms with Gasteiger partial charge in [-0.15, -0.1) is 0 Å². The van der Waals surface area contributed by atoms with Crippen molar-refractivity contribution in [3.63, 3.8) is 0 Å². The highest BCUT2D eigenvalue weighted by atomic mass is 16.5. The summed E-state index contributed by atoms with van der Waals surface area (Å²) in [7, 11) is 1.62. The van der Waals surface area contributed by atoms with Crippen LogP contribution in [0.15, 0.2) is 54.6 Å². The fraction of sp³-hybridized carbons (Fsp3) is 0.333. The molecule has 1 aliphatic carbocycles. The Balaban J connectivity index is 1.49. The summed E-state index contributed by atoms with van der Waals surface area (Å²) >= 11 is 0. The van der Waals surface area contributed by atoms with E-state index in [9.17, 15) is 9.59 Å². The van der Waals surface area contributed by atoms with Crippen LogP contribution in [0.3, 0.4) is 0 Å². The number of benzene rings is 2. The smallest absolute Gasteiger partial charge is 0.271 e. The van der Waals surface area contributed by atoms with Gasteiger partial charge >= 0.3 is 0 Å². The van der Waals surface area contributed by atoms with Crippen molar-refractivity contribution in [1.29, 1.82) is 0 Å². The lowest BCUT2D eigenvalue weighted by atomic mass is 9.94. The molecule has 1 saturated carbocycles. The van der Waals surface area contributed by atoms with E-state index in [1.807, 2.05) is 71.0 Å². The van der Waals surface area contributed by atoms with Crippen molar-refractivity contribution in [2.75, 3.05) is 7.11 Å². The Hall–Kier alpha value is -3.28. The van der Waals surface area contributed by atoms with Gasteiger partial charge in [-0.2, -0.15) is 0 Å². The van der Waals surface area contributed by atoms with Gasteiger partial charge in [-0.05, 0) is 38.0 Å². The molecule has 30 heavy (non-hydrogen) atoms. The summed E-state index contributed by atoms with van der Waals surface area (Å²) in [4.78, 5) is 28.8. The van der Waals surface area contributed by atoms with Crippen molar-refractivity contribution < 1.29 is 14.3 Å². The average molecular weight is 403 g/mol. The lowest BCUT2D eigenvalue weighted by Crippen LogP contribution is -2.64. The molecule has 2 heterocycles. The highest BCUT2D eigenvalue weighted by molar-refractivity contribution is 6.04. The number of aromatic nitrogens is 1. The monoisotopic (exact) mass is 403 g/mol. The predicted molar refractivity (Wildman–Crippen MR) is 114 cm³/mol. The van der Waals surface area contributed by atoms with E-state index in [1.165, 1.54) is 0 Å². The Morgan fingerprint density at radius 2 is 1.90 bits per heavy atom. The quantitative estimate of drug-likeness (QED) is 0.711. The first-order valence-corrected chi connectivity index (χ1v) is 10.3. The van der Waals surface area contributed by atoms with Gasteiger partial charge in [0.15, 0.2) is 0 Å². The Labute approximate surface area is 175 Å². The molecule has 1 fully saturated rings. The van der Waals surface area contributed by atoms with E-state index in [0.717, 1.165) is 35.1 Å². The summed E-state index contributed by atoms with van der Waals surface area (Å²) in [6.45, 7) is 2.68. The highest BCUT2D eigenvalue weighted by Gasteiger charge is 2.52. The molecule has 5 rings (SSSR count). The van der Waals surface area contributed by atoms with Crippen LogP contribution >= 0.6 is 0 Å². The second-order valence-corrected chi connectivity index (χ2v) is 8.35. The lowest BCUT2D eigenvalue weighted by Gasteiger charge is -2.44. The Bertz CT molecular complexity index is 1150. The molecule has 1 N–H and O–H groups in total. The van der Waals surface area contributed by atoms with Gasteiger partial charge in [-0.1, -0.05) is 36.4 Å². The molecule has 6 heteroatoms. The molecule has 3 aromatic rings. The Morgan fingerprint density at radius 3 is 2.67 bits per heavy atom. The van der Waals surface area contributed by atoms with E-state index < -0.39 is 5.54 Å². The van der Waals surface area contributed by atoms with Gasteiger partial charge in [0.1, 0.15) is 17.0 Å². The van der Waals surface area contributed by atoms with Gasteiger partial charge in [0.05, 0.1) is 13.7 Å². The van der Waals surface area contributed by atoms with E-state index in [4.69, 9.17) is 4.74 Å². The minimum Gasteiger partial charge on any atom is -0.496 e. The van der Waals surface area contributed by atoms with Crippen molar-refractivity contribution in [2.24, 2.45) is 0 Å². The normalized spacial score (nSPS) is 20.9. The molecule has 6 nitrogen and oxygen atoms in total. The van der Waals surface area contributed by atoms with Crippen LogP contribution in [0.1, 0.15) is 35.8 Å². The van der Waals surface area contributed by atoms with Crippen molar-refractivity contribution in [3.05, 3.63) is 65.9 Å². The lowest BCUT2D eigenvalue weighted by molar-refractivity contribution is -0.133. The van der Waals surface area contributed by atoms with E-state index in [2.05, 4.69) is 5.32 Å². The summed E-state index contributed by atoms with van der Waals surface area (Å²) in [6.07, 6.45) is 1.89. The maximum Gasteiger partial charge on any atom is 0.271 e. The Morgan fingerprint density at radius 1 is 1.17 bits per heavy atom. The molecule has 0 saturated heterocycles. The van der Waals surface area contributed by atoms with E-state index in [0.29, 0.717) is 18.8 Å². The zero-order valence-electron chi connectivity index (χ0n) is 17.2. The molecule has 0 unspecified atom stereocenters. The number of carbonyl (C=O) groups is 2. The van der Waals surface area contributed by atoms with Crippen molar-refractivity contribution in [1.82, 2.24) is 14.8 Å². The number of hydrogen-bond acceptors (Lipinski definition) is 3. The third kappa shape index (κ3) is 2.86. The number of para-hydroxylation sites is 2. The molecule has 2 amide bonds. The van der Waals surface area contributed by atoms with Crippen molar-refractivity contribution in [3.8, 4) is 5.75 Å². The van der Waals surface area contributed by atoms with E-state index in [-0.39, 0.29) is 17.9 Å². The first kappa shape index (κ1) is 18.7. The second kappa shape index (κ2) is 6.90. The van der Waals surface area contributed by atoms with Gasteiger partial charge in [0.25, 0.3) is 5.91 Å². The molecule has 1 atom stereocenters. The minimum atomic E-state index is -0.949. The number of methoxy groups -OCH3 is 1. The minimum absolute atomic E-state index is 0.0603. The first-order valence-electron chi connectivity index (χ1n) is 10.3. The van der Waals surface area contributed by atoms with Gasteiger partial charge in [-0.25, -0.2) is 0 Å². The summed E-state index contributed by atoms with van der Waals surface area (Å²) in [5, 5.41) is 4.09. The SMILES string of the molecule is COc1ccccc1CNC(=O)[C@]1(C)Cn2c(cc3ccccc32)C(=O)N1C1CC1. The number of nitrogens with zero attached hydrogens (tertiary/aromatic N) is 2. The fourth-order valence-electron chi connectivity index (χ4n) is 4.59. The molecular formula is C24H25N3O3. The maximum absolute atomic E-state index is 13.5. The van der Waals surface area contributed by atoms with Crippen LogP contribution in [0.5, 0.6) is 5.75 Å². The molecule has 0 bridgehead atoms. The summed E-state index contributed by atoms with van der Waals surface area (Å²) in [5.74, 6) is 0.535. The van der Waals surface area contributed by atoms with Crippen LogP contribution in [0.2, 0.25) is 0 Å². The topological polar surface area (TPSA) is 63.6 Å². The van der Waals surface area contributed by atoms with Gasteiger partial charge in [0, 0.05) is 29.1 Å². The number of amides is 2.